The van der Waals surface area contributed by atoms with Crippen LogP contribution in [0.3, 0.4) is 0 Å². The maximum atomic E-state index is 12.3. The van der Waals surface area contributed by atoms with Crippen molar-refractivity contribution in [3.63, 3.8) is 0 Å². The van der Waals surface area contributed by atoms with E-state index in [4.69, 9.17) is 207 Å². The first-order valence-corrected chi connectivity index (χ1v) is 35.0. The normalized spacial score (nSPS) is 12.6. The van der Waals surface area contributed by atoms with Gasteiger partial charge < -0.3 is 37.8 Å². The zero-order valence-electron chi connectivity index (χ0n) is 38.7. The Hall–Kier alpha value is 0.0400. The number of anilines is 2. The minimum absolute atomic E-state index is 0.358. The fourth-order valence-electron chi connectivity index (χ4n) is 4.58. The number of aliphatic hydroxyl groups excluding tert-OH is 1. The van der Waals surface area contributed by atoms with E-state index in [1.807, 2.05) is 0 Å². The molecule has 0 heterocycles. The van der Waals surface area contributed by atoms with E-state index in [1.54, 1.807) is 146 Å². The third-order valence-corrected chi connectivity index (χ3v) is 13.5. The van der Waals surface area contributed by atoms with E-state index in [2.05, 4.69) is 85.0 Å². The van der Waals surface area contributed by atoms with E-state index in [-0.39, 0.29) is 5.91 Å². The summed E-state index contributed by atoms with van der Waals surface area (Å²) in [6.07, 6.45) is -2.49. The summed E-state index contributed by atoms with van der Waals surface area (Å²) in [5, 5.41) is 20.8. The first-order chi connectivity index (χ1) is 36.1. The molecule has 6 aromatic carbocycles. The molecule has 4 amide bonds. The van der Waals surface area contributed by atoms with Crippen molar-refractivity contribution < 1.29 is 24.3 Å². The number of nitrogens with two attached hydrogens (primary N) is 2. The number of carbonyl (C=O) groups excluding carboxylic acids is 4. The monoisotopic (exact) mass is 1690 g/mol. The Morgan fingerprint density at radius 3 is 1.03 bits per heavy atom. The van der Waals surface area contributed by atoms with Gasteiger partial charge in [-0.05, 0) is 146 Å². The van der Waals surface area contributed by atoms with E-state index in [1.165, 1.54) is 0 Å². The van der Waals surface area contributed by atoms with Crippen molar-refractivity contribution in [2.75, 3.05) is 11.1 Å². The van der Waals surface area contributed by atoms with Gasteiger partial charge in [0.1, 0.15) is 6.17 Å². The fourth-order valence-corrected chi connectivity index (χ4v) is 6.64. The zero-order chi connectivity index (χ0) is 60.7. The van der Waals surface area contributed by atoms with Gasteiger partial charge in [-0.3, -0.25) is 19.2 Å². The Labute approximate surface area is 572 Å². The van der Waals surface area contributed by atoms with Gasteiger partial charge in [0.15, 0.2) is 11.7 Å². The number of benzene rings is 6. The first kappa shape index (κ1) is 77.1. The molecule has 79 heavy (non-hydrogen) atoms. The molecular weight excluding hydrogens is 1670 g/mol. The van der Waals surface area contributed by atoms with Crippen LogP contribution in [0.15, 0.2) is 163 Å². The van der Waals surface area contributed by atoms with Gasteiger partial charge in [-0.15, -0.1) is 0 Å². The van der Waals surface area contributed by atoms with Gasteiger partial charge >= 0.3 is 59.6 Å². The standard InChI is InChI=1S/C15H11BrCl4N2O.C9H6BrCl4NO.C9H7BrCl3NO2.C7H6BrNO.C6H6ClN.Cl5P/c16-10-3-1-9(2-4-10)13(23)22-14(15(18,19)20)21-12-7-5-11(17)6-8-12;10-6-3-1-5(2-4-6)7(16)15-8(11)9(12,13)14;10-6-3-1-5(2-4-6)7(15)14-8(16)9(11,12)13;8-6-3-1-5(2-4-6)7(9)10;7-5-1-3-6(8)4-2-5;1-6(2,3,4)5/h1-8,14,21H,(H,22,23);1-4,8H,(H,15,16);1-4,8,16H,(H,14,15);1-4H,(H2,9,10);1-4H,8H2;. The van der Waals surface area contributed by atoms with Crippen molar-refractivity contribution in [1.82, 2.24) is 16.0 Å². The molecular formula is C46H36Br4Cl17N6O5P. The number of hydrogen-bond donors (Lipinski definition) is 7. The molecule has 432 valence electrons. The van der Waals surface area contributed by atoms with Crippen LogP contribution in [0.5, 0.6) is 0 Å². The number of nitrogens with one attached hydrogen (secondary N) is 4. The van der Waals surface area contributed by atoms with Gasteiger partial charge in [-0.2, -0.15) is 0 Å². The number of aliphatic hydroxyl groups is 1. The maximum Gasteiger partial charge on any atom is 0.253 e. The zero-order valence-corrected chi connectivity index (χ0v) is 58.8. The topological polar surface area (TPSA) is 189 Å². The summed E-state index contributed by atoms with van der Waals surface area (Å²) in [6.45, 7) is 0. The van der Waals surface area contributed by atoms with Gasteiger partial charge in [-0.25, -0.2) is 0 Å². The third-order valence-electron chi connectivity index (χ3n) is 8.20. The summed E-state index contributed by atoms with van der Waals surface area (Å²) >= 11 is 106. The number of carbonyl (C=O) groups is 4. The predicted octanol–water partition coefficient (Wildman–Crippen LogP) is 20.4. The second kappa shape index (κ2) is 36.2. The molecule has 0 aliphatic carbocycles. The SMILES string of the molecule is ClP(Cl)(Cl)(Cl)Cl.NC(=O)c1ccc(Br)cc1.Nc1ccc(Cl)cc1.O=C(NC(Cl)C(Cl)(Cl)Cl)c1ccc(Br)cc1.O=C(NC(Nc1ccc(Cl)cc1)C(Cl)(Cl)Cl)c1ccc(Br)cc1.O=C(NC(O)C(Cl)(Cl)Cl)c1ccc(Br)cc1. The molecule has 3 atom stereocenters. The largest absolute Gasteiger partial charge is 0.399 e. The summed E-state index contributed by atoms with van der Waals surface area (Å²) in [7, 11) is 0. The van der Waals surface area contributed by atoms with Crippen LogP contribution < -0.4 is 32.7 Å². The minimum atomic E-state index is -3.69. The van der Waals surface area contributed by atoms with Crippen molar-refractivity contribution >= 4 is 298 Å². The third kappa shape index (κ3) is 37.3. The van der Waals surface area contributed by atoms with Crippen molar-refractivity contribution in [2.24, 2.45) is 5.73 Å². The Balaban J connectivity index is 0.000000499. The summed E-state index contributed by atoms with van der Waals surface area (Å²) in [4.78, 5) is 46.0. The quantitative estimate of drug-likeness (QED) is 0.0246. The van der Waals surface area contributed by atoms with Crippen LogP contribution in [0, 0.1) is 0 Å². The van der Waals surface area contributed by atoms with E-state index in [0.29, 0.717) is 33.0 Å². The summed E-state index contributed by atoms with van der Waals surface area (Å²) in [5.41, 5.74) is 12.5. The van der Waals surface area contributed by atoms with Crippen molar-refractivity contribution in [1.29, 1.82) is 0 Å². The molecule has 3 unspecified atom stereocenters. The van der Waals surface area contributed by atoms with E-state index < -0.39 is 50.4 Å². The average molecular weight is 1710 g/mol. The van der Waals surface area contributed by atoms with E-state index in [9.17, 15) is 24.3 Å². The second-order valence-corrected chi connectivity index (χ2v) is 43.2. The van der Waals surface area contributed by atoms with Crippen LogP contribution in [0.1, 0.15) is 41.4 Å². The summed E-state index contributed by atoms with van der Waals surface area (Å²) in [6, 6.07) is 40.9. The molecule has 0 aliphatic heterocycles. The maximum absolute atomic E-state index is 12.3. The number of halogens is 21. The van der Waals surface area contributed by atoms with Crippen LogP contribution in [0.25, 0.3) is 0 Å². The summed E-state index contributed by atoms with van der Waals surface area (Å²) < 4.78 is -5.61. The minimum Gasteiger partial charge on any atom is -0.399 e. The van der Waals surface area contributed by atoms with Crippen molar-refractivity contribution in [2.45, 2.75) is 29.3 Å². The molecule has 0 aromatic heterocycles. The van der Waals surface area contributed by atoms with Crippen LogP contribution in [-0.4, -0.2) is 58.0 Å². The molecule has 0 saturated carbocycles. The number of amides is 4. The molecule has 33 heteroatoms. The number of primary amides is 1. The van der Waals surface area contributed by atoms with Gasteiger partial charge in [0.2, 0.25) is 17.3 Å². The number of alkyl halides is 10. The van der Waals surface area contributed by atoms with Gasteiger partial charge in [-0.1, -0.05) is 203 Å². The van der Waals surface area contributed by atoms with E-state index in [0.717, 1.165) is 28.6 Å². The van der Waals surface area contributed by atoms with Gasteiger partial charge in [0.25, 0.3) is 17.7 Å². The molecule has 11 nitrogen and oxygen atoms in total. The molecule has 0 aliphatic rings. The molecule has 0 fully saturated rings. The summed E-state index contributed by atoms with van der Waals surface area (Å²) in [5.74, 6) is -1.69. The molecule has 0 saturated heterocycles. The second-order valence-electron chi connectivity index (χ2n) is 14.5. The smallest absolute Gasteiger partial charge is 0.253 e. The molecule has 0 radical (unpaired) electrons. The number of hydrogen-bond acceptors (Lipinski definition) is 7. The molecule has 9 N–H and O–H groups in total. The van der Waals surface area contributed by atoms with Crippen LogP contribution in [0.2, 0.25) is 10.0 Å². The van der Waals surface area contributed by atoms with Crippen molar-refractivity contribution in [3.05, 3.63) is 196 Å². The first-order valence-electron chi connectivity index (χ1n) is 20.5. The Morgan fingerprint density at radius 1 is 0.456 bits per heavy atom. The Bertz CT molecular complexity index is 2740. The van der Waals surface area contributed by atoms with E-state index >= 15 is 0 Å². The van der Waals surface area contributed by atoms with Crippen LogP contribution in [-0.2, 0) is 0 Å². The van der Waals surface area contributed by atoms with Crippen molar-refractivity contribution in [3.8, 4) is 0 Å². The number of nitrogen functional groups attached to an aromatic ring is 1. The molecule has 0 bridgehead atoms. The molecule has 6 aromatic rings. The molecule has 6 rings (SSSR count). The van der Waals surface area contributed by atoms with Gasteiger partial charge in [0, 0.05) is 61.6 Å². The Morgan fingerprint density at radius 2 is 0.747 bits per heavy atom. The average Bonchev–Trinajstić information content (AvgIpc) is 3.33. The number of rotatable bonds is 9. The Kier molecular flexibility index (Phi) is 35.4. The predicted molar refractivity (Wildman–Crippen MR) is 355 cm³/mol. The fraction of sp³-hybridized carbons (Fsp3) is 0.130. The van der Waals surface area contributed by atoms with Crippen LogP contribution in [0.4, 0.5) is 11.4 Å². The van der Waals surface area contributed by atoms with Crippen LogP contribution >= 0.6 is 263 Å². The molecule has 0 spiro atoms. The van der Waals surface area contributed by atoms with Gasteiger partial charge in [0.05, 0.1) is 0 Å².